The maximum atomic E-state index is 4.66. The van der Waals surface area contributed by atoms with Crippen molar-refractivity contribution in [1.29, 1.82) is 0 Å². The summed E-state index contributed by atoms with van der Waals surface area (Å²) in [5, 5.41) is 0. The first-order valence-corrected chi connectivity index (χ1v) is 4.20. The van der Waals surface area contributed by atoms with Crippen molar-refractivity contribution in [3.8, 4) is 12.0 Å². The third-order valence-electron chi connectivity index (χ3n) is 0.940. The Morgan fingerprint density at radius 3 is 1.90 bits per heavy atom. The van der Waals surface area contributed by atoms with E-state index in [1.165, 1.54) is 5.56 Å². The lowest BCUT2D eigenvalue weighted by molar-refractivity contribution is 1.48. The Hall–Kier alpha value is -1.00. The van der Waals surface area contributed by atoms with Crippen LogP contribution >= 0.6 is 0 Å². The van der Waals surface area contributed by atoms with E-state index >= 15 is 0 Å². The highest BCUT2D eigenvalue weighted by atomic mass is 28.1. The molecule has 0 aliphatic rings. The van der Waals surface area contributed by atoms with Crippen molar-refractivity contribution in [1.82, 2.24) is 0 Å². The molecule has 0 unspecified atom stereocenters. The molecule has 1 aromatic carbocycles. The molecule has 0 spiro atoms. The minimum absolute atomic E-state index is 0.897. The Morgan fingerprint density at radius 2 is 1.70 bits per heavy atom. The molecule has 1 heteroatoms. The monoisotopic (exact) mass is 148 g/mol. The van der Waals surface area contributed by atoms with Crippen LogP contribution in [0.3, 0.4) is 0 Å². The summed E-state index contributed by atoms with van der Waals surface area (Å²) in [7, 11) is 0.897. The third kappa shape index (κ3) is 5.14. The van der Waals surface area contributed by atoms with Crippen molar-refractivity contribution >= 4 is 10.2 Å². The molecule has 0 amide bonds. The van der Waals surface area contributed by atoms with Crippen LogP contribution in [-0.4, -0.2) is 10.2 Å². The number of hydrogen-bond donors (Lipinski definition) is 0. The van der Waals surface area contributed by atoms with Gasteiger partial charge in [0, 0.05) is 0 Å². The molecule has 0 fully saturated rings. The van der Waals surface area contributed by atoms with Gasteiger partial charge in [-0.1, -0.05) is 35.9 Å². The first-order valence-electron chi connectivity index (χ1n) is 3.20. The lowest BCUT2D eigenvalue weighted by Crippen LogP contribution is -1.62. The molecule has 1 aromatic rings. The summed E-state index contributed by atoms with van der Waals surface area (Å²) in [5.41, 5.74) is 3.71. The van der Waals surface area contributed by atoms with E-state index < -0.39 is 0 Å². The van der Waals surface area contributed by atoms with Crippen molar-refractivity contribution in [2.24, 2.45) is 0 Å². The molecule has 0 bridgehead atoms. The second kappa shape index (κ2) is 6.12. The smallest absolute Gasteiger partial charge is 0.0902 e. The fourth-order valence-electron chi connectivity index (χ4n) is 0.534. The average molecular weight is 148 g/mol. The number of benzene rings is 1. The summed E-state index contributed by atoms with van der Waals surface area (Å²) >= 11 is 0. The van der Waals surface area contributed by atoms with Gasteiger partial charge in [-0.2, -0.15) is 0 Å². The maximum Gasteiger partial charge on any atom is 0.0902 e. The lowest BCUT2D eigenvalue weighted by Gasteiger charge is -1.82. The van der Waals surface area contributed by atoms with Gasteiger partial charge in [0.1, 0.15) is 0 Å². The van der Waals surface area contributed by atoms with Crippen LogP contribution < -0.4 is 0 Å². The van der Waals surface area contributed by atoms with Crippen molar-refractivity contribution in [2.75, 3.05) is 0 Å². The molecular weight excluding hydrogens is 136 g/mol. The minimum atomic E-state index is 0.897. The van der Waals surface area contributed by atoms with Crippen LogP contribution in [0.4, 0.5) is 0 Å². The van der Waals surface area contributed by atoms with E-state index in [-0.39, 0.29) is 0 Å². The predicted octanol–water partition coefficient (Wildman–Crippen LogP) is 0.938. The summed E-state index contributed by atoms with van der Waals surface area (Å²) in [6, 6.07) is 10.3. The Bertz CT molecular complexity index is 196. The van der Waals surface area contributed by atoms with Crippen molar-refractivity contribution in [2.45, 2.75) is 6.92 Å². The molecule has 0 saturated heterocycles. The van der Waals surface area contributed by atoms with Gasteiger partial charge in [-0.05, 0) is 6.92 Å². The van der Waals surface area contributed by atoms with Gasteiger partial charge in [0.2, 0.25) is 0 Å². The third-order valence-corrected chi connectivity index (χ3v) is 0.940. The van der Waals surface area contributed by atoms with Crippen LogP contribution in [0, 0.1) is 18.9 Å². The first kappa shape index (κ1) is 9.00. The van der Waals surface area contributed by atoms with E-state index in [4.69, 9.17) is 0 Å². The fraction of sp³-hybridized carbons (Fsp3) is 0.111. The van der Waals surface area contributed by atoms with Crippen LogP contribution in [0.1, 0.15) is 5.56 Å². The van der Waals surface area contributed by atoms with Gasteiger partial charge in [0.05, 0.1) is 10.2 Å². The Labute approximate surface area is 65.7 Å². The normalized spacial score (nSPS) is 7.20. The summed E-state index contributed by atoms with van der Waals surface area (Å²) in [6.07, 6.45) is 4.66. The van der Waals surface area contributed by atoms with E-state index in [0.29, 0.717) is 0 Å². The molecule has 0 aliphatic heterocycles. The molecule has 0 atom stereocenters. The minimum Gasteiger partial charge on any atom is -0.147 e. The zero-order valence-electron chi connectivity index (χ0n) is 6.46. The standard InChI is InChI=1S/C7H8.C2H4Si/c1-7-5-3-2-4-6-7;1-2-3/h2-6H,1H3;1H,3H3. The topological polar surface area (TPSA) is 0 Å². The van der Waals surface area contributed by atoms with Crippen molar-refractivity contribution in [3.63, 3.8) is 0 Å². The van der Waals surface area contributed by atoms with E-state index in [1.54, 1.807) is 0 Å². The molecule has 0 radical (unpaired) electrons. The van der Waals surface area contributed by atoms with Crippen LogP contribution in [0.5, 0.6) is 0 Å². The van der Waals surface area contributed by atoms with Crippen LogP contribution in [0.25, 0.3) is 0 Å². The van der Waals surface area contributed by atoms with Gasteiger partial charge in [0.15, 0.2) is 0 Å². The summed E-state index contributed by atoms with van der Waals surface area (Å²) in [5.74, 6) is 0. The quantitative estimate of drug-likeness (QED) is 0.379. The Balaban J connectivity index is 0.000000236. The largest absolute Gasteiger partial charge is 0.147 e. The molecule has 0 heterocycles. The molecule has 1 rings (SSSR count). The van der Waals surface area contributed by atoms with Gasteiger partial charge in [-0.3, -0.25) is 0 Å². The Kier molecular flexibility index (Phi) is 5.51. The number of hydrogen-bond acceptors (Lipinski definition) is 0. The highest BCUT2D eigenvalue weighted by molar-refractivity contribution is 6.21. The predicted molar refractivity (Wildman–Crippen MR) is 50.0 cm³/mol. The molecule has 0 N–H and O–H groups in total. The SMILES string of the molecule is C#C[SiH3].Cc1ccccc1. The molecule has 52 valence electrons. The number of aryl methyl sites for hydroxylation is 1. The summed E-state index contributed by atoms with van der Waals surface area (Å²) < 4.78 is 0. The highest BCUT2D eigenvalue weighted by Crippen LogP contribution is 1.92. The highest BCUT2D eigenvalue weighted by Gasteiger charge is 1.72. The molecule has 0 aromatic heterocycles. The van der Waals surface area contributed by atoms with Crippen molar-refractivity contribution in [3.05, 3.63) is 35.9 Å². The molecule has 0 aliphatic carbocycles. The number of terminal acetylenes is 1. The van der Waals surface area contributed by atoms with Gasteiger partial charge < -0.3 is 0 Å². The van der Waals surface area contributed by atoms with Crippen LogP contribution in [-0.2, 0) is 0 Å². The van der Waals surface area contributed by atoms with Gasteiger partial charge in [-0.15, -0.1) is 12.0 Å². The van der Waals surface area contributed by atoms with E-state index in [1.807, 2.05) is 18.2 Å². The fourth-order valence-corrected chi connectivity index (χ4v) is 0.534. The van der Waals surface area contributed by atoms with E-state index in [0.717, 1.165) is 10.2 Å². The number of rotatable bonds is 0. The zero-order chi connectivity index (χ0) is 7.82. The average Bonchev–Trinajstić information content (AvgIpc) is 1.91. The first-order chi connectivity index (χ1) is 4.81. The lowest BCUT2D eigenvalue weighted by atomic mass is 10.2. The molecule has 0 nitrogen and oxygen atoms in total. The molecule has 0 saturated carbocycles. The van der Waals surface area contributed by atoms with Gasteiger partial charge >= 0.3 is 0 Å². The second-order valence-corrected chi connectivity index (χ2v) is 2.52. The van der Waals surface area contributed by atoms with Crippen LogP contribution in [0.15, 0.2) is 30.3 Å². The Morgan fingerprint density at radius 1 is 1.30 bits per heavy atom. The summed E-state index contributed by atoms with van der Waals surface area (Å²) in [6.45, 7) is 2.08. The molecule has 10 heavy (non-hydrogen) atoms. The maximum absolute atomic E-state index is 4.66. The van der Waals surface area contributed by atoms with Gasteiger partial charge in [0.25, 0.3) is 0 Å². The van der Waals surface area contributed by atoms with Crippen molar-refractivity contribution < 1.29 is 0 Å². The van der Waals surface area contributed by atoms with Gasteiger partial charge in [-0.25, -0.2) is 0 Å². The van der Waals surface area contributed by atoms with E-state index in [9.17, 15) is 0 Å². The van der Waals surface area contributed by atoms with E-state index in [2.05, 4.69) is 31.0 Å². The second-order valence-electron chi connectivity index (χ2n) is 1.94. The van der Waals surface area contributed by atoms with Crippen LogP contribution in [0.2, 0.25) is 0 Å². The zero-order valence-corrected chi connectivity index (χ0v) is 8.46. The molecular formula is C9H12Si. The summed E-state index contributed by atoms with van der Waals surface area (Å²) in [4.78, 5) is 0.